The number of aryl methyl sites for hydroxylation is 1. The highest BCUT2D eigenvalue weighted by molar-refractivity contribution is 7.13. The molecule has 2 atom stereocenters. The molecule has 3 aliphatic rings. The van der Waals surface area contributed by atoms with Crippen LogP contribution in [0.4, 0.5) is 0 Å². The molecule has 1 N–H and O–H groups in total. The van der Waals surface area contributed by atoms with Gasteiger partial charge < -0.3 is 10.2 Å². The lowest BCUT2D eigenvalue weighted by atomic mass is 9.98. The first-order chi connectivity index (χ1) is 11.1. The molecular weight excluding hydrogens is 377 g/mol. The lowest BCUT2D eigenvalue weighted by molar-refractivity contribution is 0.0685. The highest BCUT2D eigenvalue weighted by Gasteiger charge is 2.37. The van der Waals surface area contributed by atoms with Crippen LogP contribution in [0.25, 0.3) is 0 Å². The summed E-state index contributed by atoms with van der Waals surface area (Å²) in [6.07, 6.45) is 9.86. The Balaban J connectivity index is 0.00000113. The fourth-order valence-corrected chi connectivity index (χ4v) is 5.85. The van der Waals surface area contributed by atoms with Crippen molar-refractivity contribution in [1.82, 2.24) is 15.2 Å². The fourth-order valence-electron chi connectivity index (χ4n) is 4.63. The van der Waals surface area contributed by atoms with Gasteiger partial charge in [0, 0.05) is 31.1 Å². The molecule has 1 amide bonds. The third-order valence-electron chi connectivity index (χ3n) is 6.03. The van der Waals surface area contributed by atoms with E-state index in [0.29, 0.717) is 24.0 Å². The summed E-state index contributed by atoms with van der Waals surface area (Å²) in [5, 5.41) is 4.86. The maximum atomic E-state index is 13.0. The number of amides is 1. The van der Waals surface area contributed by atoms with Crippen LogP contribution >= 0.6 is 36.2 Å². The van der Waals surface area contributed by atoms with Crippen LogP contribution in [0.3, 0.4) is 0 Å². The average molecular weight is 406 g/mol. The number of rotatable bonds is 3. The molecule has 4 nitrogen and oxygen atoms in total. The number of fused-ring (bicyclic) bond motifs is 2. The van der Waals surface area contributed by atoms with Gasteiger partial charge in [-0.05, 0) is 45.4 Å². The van der Waals surface area contributed by atoms with Crippen molar-refractivity contribution in [3.8, 4) is 0 Å². The minimum atomic E-state index is 0. The van der Waals surface area contributed by atoms with Crippen molar-refractivity contribution in [2.24, 2.45) is 0 Å². The molecule has 0 aromatic carbocycles. The van der Waals surface area contributed by atoms with E-state index in [2.05, 4.69) is 5.32 Å². The van der Waals surface area contributed by atoms with E-state index in [0.717, 1.165) is 23.4 Å². The van der Waals surface area contributed by atoms with Crippen LogP contribution < -0.4 is 5.32 Å². The molecule has 1 aromatic heterocycles. The van der Waals surface area contributed by atoms with Gasteiger partial charge in [0.25, 0.3) is 5.91 Å². The number of hydrogen-bond acceptors (Lipinski definition) is 4. The predicted molar refractivity (Wildman–Crippen MR) is 108 cm³/mol. The topological polar surface area (TPSA) is 45.2 Å². The van der Waals surface area contributed by atoms with E-state index in [1.165, 1.54) is 43.5 Å². The zero-order valence-electron chi connectivity index (χ0n) is 15.0. The molecule has 0 spiro atoms. The quantitative estimate of drug-likeness (QED) is 0.814. The van der Waals surface area contributed by atoms with E-state index in [4.69, 9.17) is 4.98 Å². The molecule has 25 heavy (non-hydrogen) atoms. The molecule has 2 aliphatic heterocycles. The Morgan fingerprint density at radius 2 is 1.72 bits per heavy atom. The molecule has 142 valence electrons. The van der Waals surface area contributed by atoms with E-state index in [-0.39, 0.29) is 30.7 Å². The van der Waals surface area contributed by atoms with Gasteiger partial charge in [-0.1, -0.05) is 12.8 Å². The van der Waals surface area contributed by atoms with E-state index >= 15 is 0 Å². The number of halogens is 2. The normalized spacial score (nSPS) is 28.3. The second-order valence-electron chi connectivity index (χ2n) is 7.63. The summed E-state index contributed by atoms with van der Waals surface area (Å²) < 4.78 is 0. The van der Waals surface area contributed by atoms with Gasteiger partial charge in [0.2, 0.25) is 0 Å². The van der Waals surface area contributed by atoms with Crippen molar-refractivity contribution < 1.29 is 4.79 Å². The maximum Gasteiger partial charge on any atom is 0.265 e. The highest BCUT2D eigenvalue weighted by Crippen LogP contribution is 2.38. The third kappa shape index (κ3) is 4.15. The Kier molecular flexibility index (Phi) is 7.17. The molecule has 2 unspecified atom stereocenters. The Bertz CT molecular complexity index is 591. The van der Waals surface area contributed by atoms with Gasteiger partial charge >= 0.3 is 0 Å². The Morgan fingerprint density at radius 1 is 1.12 bits per heavy atom. The zero-order valence-corrected chi connectivity index (χ0v) is 17.4. The van der Waals surface area contributed by atoms with Gasteiger partial charge in [-0.2, -0.15) is 0 Å². The number of carbonyl (C=O) groups excluding carboxylic acids is 1. The highest BCUT2D eigenvalue weighted by atomic mass is 35.5. The van der Waals surface area contributed by atoms with Gasteiger partial charge in [0.05, 0.1) is 10.7 Å². The SMILES string of the molecule is Cc1nc(C2CCCC2)sc1C(=O)N(C)C1CC2CCC(C1)N2.Cl.Cl. The molecule has 1 aliphatic carbocycles. The lowest BCUT2D eigenvalue weighted by Gasteiger charge is -2.35. The molecule has 4 rings (SSSR count). The van der Waals surface area contributed by atoms with E-state index < -0.39 is 0 Å². The maximum absolute atomic E-state index is 13.0. The van der Waals surface area contributed by atoms with Crippen molar-refractivity contribution >= 4 is 42.1 Å². The van der Waals surface area contributed by atoms with Gasteiger partial charge in [-0.25, -0.2) is 4.98 Å². The Morgan fingerprint density at radius 3 is 2.32 bits per heavy atom. The number of nitrogens with zero attached hydrogens (tertiary/aromatic N) is 2. The minimum Gasteiger partial charge on any atom is -0.338 e. The average Bonchev–Trinajstić information content (AvgIpc) is 3.26. The van der Waals surface area contributed by atoms with E-state index in [1.54, 1.807) is 11.3 Å². The molecule has 2 saturated heterocycles. The van der Waals surface area contributed by atoms with Crippen LogP contribution in [-0.4, -0.2) is 41.0 Å². The number of thiazole rings is 1. The molecule has 0 radical (unpaired) electrons. The van der Waals surface area contributed by atoms with Crippen LogP contribution in [0.2, 0.25) is 0 Å². The molecule has 1 saturated carbocycles. The summed E-state index contributed by atoms with van der Waals surface area (Å²) in [7, 11) is 1.99. The molecule has 7 heteroatoms. The summed E-state index contributed by atoms with van der Waals surface area (Å²) in [6.45, 7) is 2.00. The standard InChI is InChI=1S/C18H27N3OS.2ClH/c1-11-16(23-17(19-11)12-5-3-4-6-12)18(22)21(2)15-9-13-7-8-14(10-15)20-13;;/h12-15,20H,3-10H2,1-2H3;2*1H. The Hall–Kier alpha value is -0.360. The number of carbonyl (C=O) groups is 1. The van der Waals surface area contributed by atoms with Crippen LogP contribution in [0.1, 0.15) is 77.7 Å². The minimum absolute atomic E-state index is 0. The third-order valence-corrected chi connectivity index (χ3v) is 7.34. The van der Waals surface area contributed by atoms with E-state index in [1.807, 2.05) is 18.9 Å². The van der Waals surface area contributed by atoms with E-state index in [9.17, 15) is 4.79 Å². The number of piperidine rings is 1. The summed E-state index contributed by atoms with van der Waals surface area (Å²) in [5.41, 5.74) is 0.936. The molecular formula is C18H29Cl2N3OS. The van der Waals surface area contributed by atoms with Crippen LogP contribution in [0.15, 0.2) is 0 Å². The fraction of sp³-hybridized carbons (Fsp3) is 0.778. The van der Waals surface area contributed by atoms with Crippen molar-refractivity contribution in [2.45, 2.75) is 82.3 Å². The summed E-state index contributed by atoms with van der Waals surface area (Å²) in [5.74, 6) is 0.788. The van der Waals surface area contributed by atoms with Gasteiger partial charge in [-0.3, -0.25) is 4.79 Å². The molecule has 3 fully saturated rings. The van der Waals surface area contributed by atoms with Crippen LogP contribution in [-0.2, 0) is 0 Å². The van der Waals surface area contributed by atoms with Crippen LogP contribution in [0.5, 0.6) is 0 Å². The molecule has 1 aromatic rings. The van der Waals surface area contributed by atoms with Crippen LogP contribution in [0, 0.1) is 6.92 Å². The number of hydrogen-bond donors (Lipinski definition) is 1. The summed E-state index contributed by atoms with van der Waals surface area (Å²) in [4.78, 5) is 20.6. The first kappa shape index (κ1) is 20.9. The molecule has 3 heterocycles. The van der Waals surface area contributed by atoms with Crippen molar-refractivity contribution in [1.29, 1.82) is 0 Å². The predicted octanol–water partition coefficient (Wildman–Crippen LogP) is 4.31. The second kappa shape index (κ2) is 8.55. The van der Waals surface area contributed by atoms with Crippen molar-refractivity contribution in [3.63, 3.8) is 0 Å². The summed E-state index contributed by atoms with van der Waals surface area (Å²) >= 11 is 1.66. The first-order valence-electron chi connectivity index (χ1n) is 9.12. The smallest absolute Gasteiger partial charge is 0.265 e. The lowest BCUT2D eigenvalue weighted by Crippen LogP contribution is -2.48. The first-order valence-corrected chi connectivity index (χ1v) is 9.94. The summed E-state index contributed by atoms with van der Waals surface area (Å²) in [6, 6.07) is 1.62. The molecule has 2 bridgehead atoms. The Labute approximate surface area is 167 Å². The van der Waals surface area contributed by atoms with Gasteiger partial charge in [0.1, 0.15) is 4.88 Å². The van der Waals surface area contributed by atoms with Gasteiger partial charge in [-0.15, -0.1) is 36.2 Å². The van der Waals surface area contributed by atoms with Crippen molar-refractivity contribution in [2.75, 3.05) is 7.05 Å². The largest absolute Gasteiger partial charge is 0.338 e. The van der Waals surface area contributed by atoms with Crippen molar-refractivity contribution in [3.05, 3.63) is 15.6 Å². The number of aromatic nitrogens is 1. The zero-order chi connectivity index (χ0) is 16.0. The van der Waals surface area contributed by atoms with Gasteiger partial charge in [0.15, 0.2) is 0 Å². The monoisotopic (exact) mass is 405 g/mol. The number of nitrogens with one attached hydrogen (secondary N) is 1. The second-order valence-corrected chi connectivity index (χ2v) is 8.66.